The number of aliphatic hydroxyl groups is 1. The monoisotopic (exact) mass is 127 g/mol. The quantitative estimate of drug-likeness (QED) is 0.307. The standard InChI is InChI=1S/C6H9NO2/c1-2-6(9)5(7)3-4-8/h2-4,6,9H,1,7H2/b5-3-. The number of hydrogen-bond acceptors (Lipinski definition) is 3. The van der Waals surface area contributed by atoms with Crippen LogP contribution in [0.25, 0.3) is 0 Å². The summed E-state index contributed by atoms with van der Waals surface area (Å²) < 4.78 is 0. The fourth-order valence-corrected chi connectivity index (χ4v) is 0.313. The molecule has 0 aliphatic heterocycles. The highest BCUT2D eigenvalue weighted by molar-refractivity contribution is 5.66. The molecule has 0 aliphatic carbocycles. The summed E-state index contributed by atoms with van der Waals surface area (Å²) in [5, 5.41) is 8.79. The van der Waals surface area contributed by atoms with Gasteiger partial charge in [0.05, 0.1) is 0 Å². The summed E-state index contributed by atoms with van der Waals surface area (Å²) in [7, 11) is 0. The molecule has 0 saturated heterocycles. The highest BCUT2D eigenvalue weighted by Crippen LogP contribution is 1.92. The highest BCUT2D eigenvalue weighted by Gasteiger charge is 1.98. The van der Waals surface area contributed by atoms with Crippen molar-refractivity contribution < 1.29 is 9.90 Å². The Balaban J connectivity index is 3.99. The van der Waals surface area contributed by atoms with E-state index in [-0.39, 0.29) is 5.70 Å². The third-order valence-electron chi connectivity index (χ3n) is 0.825. The van der Waals surface area contributed by atoms with Gasteiger partial charge in [0.1, 0.15) is 12.4 Å². The Labute approximate surface area is 53.5 Å². The molecule has 0 fully saturated rings. The maximum absolute atomic E-state index is 9.73. The van der Waals surface area contributed by atoms with Crippen molar-refractivity contribution in [2.24, 2.45) is 5.73 Å². The van der Waals surface area contributed by atoms with Crippen LogP contribution in [-0.2, 0) is 4.79 Å². The molecule has 0 spiro atoms. The largest absolute Gasteiger partial charge is 0.400 e. The molecule has 0 heterocycles. The molecule has 1 unspecified atom stereocenters. The number of nitrogens with two attached hydrogens (primary N) is 1. The zero-order valence-corrected chi connectivity index (χ0v) is 4.95. The molecule has 3 heteroatoms. The van der Waals surface area contributed by atoms with E-state index in [4.69, 9.17) is 10.8 Å². The lowest BCUT2D eigenvalue weighted by Crippen LogP contribution is -2.14. The molecule has 0 aromatic rings. The molecular formula is C6H9NO2. The average Bonchev–Trinajstić information content (AvgIpc) is 1.87. The first kappa shape index (κ1) is 7.91. The van der Waals surface area contributed by atoms with Crippen molar-refractivity contribution in [2.45, 2.75) is 6.10 Å². The molecule has 0 aromatic heterocycles. The number of allylic oxidation sites excluding steroid dienone is 1. The van der Waals surface area contributed by atoms with E-state index in [9.17, 15) is 4.79 Å². The minimum atomic E-state index is -0.907. The summed E-state index contributed by atoms with van der Waals surface area (Å²) in [5.74, 6) is 0. The Bertz CT molecular complexity index is 140. The van der Waals surface area contributed by atoms with Gasteiger partial charge in [-0.2, -0.15) is 0 Å². The van der Waals surface area contributed by atoms with E-state index < -0.39 is 6.10 Å². The van der Waals surface area contributed by atoms with Crippen LogP contribution in [-0.4, -0.2) is 17.5 Å². The van der Waals surface area contributed by atoms with Gasteiger partial charge in [-0.25, -0.2) is 0 Å². The second-order valence-corrected chi connectivity index (χ2v) is 1.48. The number of carbonyl (C=O) groups is 1. The zero-order valence-electron chi connectivity index (χ0n) is 4.95. The molecule has 0 bridgehead atoms. The van der Waals surface area contributed by atoms with Crippen molar-refractivity contribution in [3.05, 3.63) is 24.4 Å². The van der Waals surface area contributed by atoms with E-state index in [2.05, 4.69) is 6.58 Å². The van der Waals surface area contributed by atoms with Crippen molar-refractivity contribution in [1.29, 1.82) is 0 Å². The molecule has 0 radical (unpaired) electrons. The smallest absolute Gasteiger partial charge is 0.144 e. The van der Waals surface area contributed by atoms with Crippen molar-refractivity contribution in [3.8, 4) is 0 Å². The topological polar surface area (TPSA) is 63.3 Å². The third kappa shape index (κ3) is 2.66. The van der Waals surface area contributed by atoms with Crippen LogP contribution in [0.1, 0.15) is 0 Å². The minimum Gasteiger partial charge on any atom is -0.400 e. The van der Waals surface area contributed by atoms with Crippen molar-refractivity contribution in [1.82, 2.24) is 0 Å². The molecule has 0 saturated carbocycles. The summed E-state index contributed by atoms with van der Waals surface area (Å²) in [6, 6.07) is 0. The predicted octanol–water partition coefficient (Wildman–Crippen LogP) is -0.425. The second kappa shape index (κ2) is 3.86. The lowest BCUT2D eigenvalue weighted by Gasteiger charge is -2.01. The van der Waals surface area contributed by atoms with Crippen molar-refractivity contribution >= 4 is 6.29 Å². The lowest BCUT2D eigenvalue weighted by molar-refractivity contribution is -0.104. The first-order valence-electron chi connectivity index (χ1n) is 2.43. The third-order valence-corrected chi connectivity index (χ3v) is 0.825. The summed E-state index contributed by atoms with van der Waals surface area (Å²) in [6.07, 6.45) is 1.94. The Hall–Kier alpha value is -1.09. The maximum Gasteiger partial charge on any atom is 0.144 e. The summed E-state index contributed by atoms with van der Waals surface area (Å²) in [5.41, 5.74) is 5.26. The fraction of sp³-hybridized carbons (Fsp3) is 0.167. The van der Waals surface area contributed by atoms with Crippen LogP contribution in [0.4, 0.5) is 0 Å². The van der Waals surface area contributed by atoms with Gasteiger partial charge in [-0.15, -0.1) is 6.58 Å². The molecule has 50 valence electrons. The first-order chi connectivity index (χ1) is 4.22. The van der Waals surface area contributed by atoms with Crippen LogP contribution in [0.15, 0.2) is 24.4 Å². The summed E-state index contributed by atoms with van der Waals surface area (Å²) >= 11 is 0. The lowest BCUT2D eigenvalue weighted by atomic mass is 10.2. The van der Waals surface area contributed by atoms with Crippen molar-refractivity contribution in [2.75, 3.05) is 0 Å². The molecule has 0 amide bonds. The predicted molar refractivity (Wildman–Crippen MR) is 34.5 cm³/mol. The molecule has 9 heavy (non-hydrogen) atoms. The van der Waals surface area contributed by atoms with Crippen LogP contribution >= 0.6 is 0 Å². The van der Waals surface area contributed by atoms with E-state index >= 15 is 0 Å². The Morgan fingerprint density at radius 1 is 1.78 bits per heavy atom. The van der Waals surface area contributed by atoms with Gasteiger partial charge in [0.2, 0.25) is 0 Å². The molecule has 1 atom stereocenters. The average molecular weight is 127 g/mol. The molecule has 0 aromatic carbocycles. The van der Waals surface area contributed by atoms with Crippen LogP contribution in [0.2, 0.25) is 0 Å². The number of aldehydes is 1. The van der Waals surface area contributed by atoms with Crippen LogP contribution < -0.4 is 5.73 Å². The molecule has 3 N–H and O–H groups in total. The summed E-state index contributed by atoms with van der Waals surface area (Å²) in [4.78, 5) is 9.73. The van der Waals surface area contributed by atoms with E-state index in [0.717, 1.165) is 6.08 Å². The Morgan fingerprint density at radius 2 is 2.33 bits per heavy atom. The van der Waals surface area contributed by atoms with Gasteiger partial charge in [0.15, 0.2) is 0 Å². The molecule has 0 aliphatic rings. The van der Waals surface area contributed by atoms with E-state index in [1.165, 1.54) is 6.08 Å². The second-order valence-electron chi connectivity index (χ2n) is 1.48. The van der Waals surface area contributed by atoms with Gasteiger partial charge in [-0.1, -0.05) is 6.08 Å². The summed E-state index contributed by atoms with van der Waals surface area (Å²) in [6.45, 7) is 3.28. The zero-order chi connectivity index (χ0) is 7.28. The van der Waals surface area contributed by atoms with Gasteiger partial charge in [-0.3, -0.25) is 4.79 Å². The van der Waals surface area contributed by atoms with Gasteiger partial charge >= 0.3 is 0 Å². The van der Waals surface area contributed by atoms with Gasteiger partial charge < -0.3 is 10.8 Å². The van der Waals surface area contributed by atoms with Gasteiger partial charge in [-0.05, 0) is 6.08 Å². The number of carbonyl (C=O) groups excluding carboxylic acids is 1. The van der Waals surface area contributed by atoms with E-state index in [0.29, 0.717) is 6.29 Å². The SMILES string of the molecule is C=CC(O)/C(N)=C/C=O. The number of hydrogen-bond donors (Lipinski definition) is 2. The molecule has 3 nitrogen and oxygen atoms in total. The number of aliphatic hydroxyl groups excluding tert-OH is 1. The Morgan fingerprint density at radius 3 is 2.67 bits per heavy atom. The van der Waals surface area contributed by atoms with Crippen LogP contribution in [0.3, 0.4) is 0 Å². The molecular weight excluding hydrogens is 118 g/mol. The van der Waals surface area contributed by atoms with Gasteiger partial charge in [0, 0.05) is 5.70 Å². The van der Waals surface area contributed by atoms with E-state index in [1.807, 2.05) is 0 Å². The van der Waals surface area contributed by atoms with Crippen molar-refractivity contribution in [3.63, 3.8) is 0 Å². The number of rotatable bonds is 3. The fourth-order valence-electron chi connectivity index (χ4n) is 0.313. The van der Waals surface area contributed by atoms with Gasteiger partial charge in [0.25, 0.3) is 0 Å². The molecule has 0 rings (SSSR count). The minimum absolute atomic E-state index is 0.111. The van der Waals surface area contributed by atoms with Crippen LogP contribution in [0, 0.1) is 0 Å². The normalized spacial score (nSPS) is 14.6. The maximum atomic E-state index is 9.73. The highest BCUT2D eigenvalue weighted by atomic mass is 16.3. The first-order valence-corrected chi connectivity index (χ1v) is 2.43. The Kier molecular flexibility index (Phi) is 3.39. The van der Waals surface area contributed by atoms with E-state index in [1.54, 1.807) is 0 Å². The van der Waals surface area contributed by atoms with Crippen LogP contribution in [0.5, 0.6) is 0 Å².